The van der Waals surface area contributed by atoms with Crippen molar-refractivity contribution < 1.29 is 14.3 Å². The molecule has 6 heteroatoms. The van der Waals surface area contributed by atoms with E-state index in [0.717, 1.165) is 5.56 Å². The number of nitrogens with zero attached hydrogens (tertiary/aromatic N) is 1. The van der Waals surface area contributed by atoms with Crippen LogP contribution in [0, 0.1) is 0 Å². The van der Waals surface area contributed by atoms with Crippen molar-refractivity contribution in [3.63, 3.8) is 0 Å². The molecule has 0 unspecified atom stereocenters. The first kappa shape index (κ1) is 16.8. The summed E-state index contributed by atoms with van der Waals surface area (Å²) in [5, 5.41) is 0.633. The molecule has 0 heterocycles. The summed E-state index contributed by atoms with van der Waals surface area (Å²) in [7, 11) is 1.70. The Labute approximate surface area is 139 Å². The van der Waals surface area contributed by atoms with E-state index >= 15 is 0 Å². The van der Waals surface area contributed by atoms with Crippen molar-refractivity contribution in [2.24, 2.45) is 5.73 Å². The molecule has 120 valence electrons. The van der Waals surface area contributed by atoms with Crippen LogP contribution in [-0.4, -0.2) is 30.4 Å². The molecule has 2 aromatic carbocycles. The van der Waals surface area contributed by atoms with Crippen LogP contribution in [0.1, 0.15) is 15.9 Å². The highest BCUT2D eigenvalue weighted by atomic mass is 35.5. The van der Waals surface area contributed by atoms with Gasteiger partial charge >= 0.3 is 0 Å². The Kier molecular flexibility index (Phi) is 5.60. The number of rotatable bonds is 6. The maximum atomic E-state index is 12.1. The van der Waals surface area contributed by atoms with Gasteiger partial charge in [-0.2, -0.15) is 0 Å². The molecule has 0 aliphatic heterocycles. The number of hydrogen-bond acceptors (Lipinski definition) is 3. The molecule has 2 N–H and O–H groups in total. The predicted octanol–water partition coefficient (Wildman–Crippen LogP) is 2.48. The monoisotopic (exact) mass is 332 g/mol. The molecule has 0 saturated carbocycles. The second-order valence-corrected chi connectivity index (χ2v) is 5.49. The zero-order valence-corrected chi connectivity index (χ0v) is 13.4. The lowest BCUT2D eigenvalue weighted by Gasteiger charge is -2.17. The fourth-order valence-electron chi connectivity index (χ4n) is 1.97. The summed E-state index contributed by atoms with van der Waals surface area (Å²) in [5.74, 6) is -0.169. The van der Waals surface area contributed by atoms with Crippen molar-refractivity contribution >= 4 is 23.4 Å². The molecule has 0 fully saturated rings. The zero-order chi connectivity index (χ0) is 16.8. The maximum Gasteiger partial charge on any atom is 0.260 e. The normalized spacial score (nSPS) is 10.2. The average Bonchev–Trinajstić information content (AvgIpc) is 2.53. The summed E-state index contributed by atoms with van der Waals surface area (Å²) < 4.78 is 5.42. The number of primary amides is 1. The number of amides is 2. The van der Waals surface area contributed by atoms with Crippen LogP contribution in [-0.2, 0) is 11.3 Å². The molecule has 2 amide bonds. The first-order valence-electron chi connectivity index (χ1n) is 6.97. The molecule has 0 spiro atoms. The van der Waals surface area contributed by atoms with Gasteiger partial charge in [0.1, 0.15) is 5.75 Å². The minimum absolute atomic E-state index is 0.0903. The van der Waals surface area contributed by atoms with E-state index in [4.69, 9.17) is 22.1 Å². The van der Waals surface area contributed by atoms with Gasteiger partial charge in [-0.3, -0.25) is 9.59 Å². The molecule has 0 aliphatic carbocycles. The standard InChI is InChI=1S/C17H17ClN2O3/c1-20(10-12-3-2-4-14(18)9-12)16(21)11-23-15-7-5-13(6-8-15)17(19)22/h2-9H,10-11H2,1H3,(H2,19,22). The van der Waals surface area contributed by atoms with Crippen molar-refractivity contribution in [3.05, 3.63) is 64.7 Å². The second-order valence-electron chi connectivity index (χ2n) is 5.06. The van der Waals surface area contributed by atoms with E-state index in [0.29, 0.717) is 22.9 Å². The highest BCUT2D eigenvalue weighted by molar-refractivity contribution is 6.30. The van der Waals surface area contributed by atoms with Crippen LogP contribution in [0.3, 0.4) is 0 Å². The van der Waals surface area contributed by atoms with Gasteiger partial charge in [-0.1, -0.05) is 23.7 Å². The lowest BCUT2D eigenvalue weighted by molar-refractivity contribution is -0.132. The number of likely N-dealkylation sites (N-methyl/N-ethyl adjacent to an activating group) is 1. The van der Waals surface area contributed by atoms with E-state index in [1.807, 2.05) is 18.2 Å². The molecule has 5 nitrogen and oxygen atoms in total. The van der Waals surface area contributed by atoms with Gasteiger partial charge in [0, 0.05) is 24.2 Å². The number of carbonyl (C=O) groups excluding carboxylic acids is 2. The van der Waals surface area contributed by atoms with Crippen molar-refractivity contribution in [3.8, 4) is 5.75 Å². The third-order valence-electron chi connectivity index (χ3n) is 3.24. The molecule has 0 aliphatic rings. The third-order valence-corrected chi connectivity index (χ3v) is 3.47. The first-order valence-corrected chi connectivity index (χ1v) is 7.34. The molecular formula is C17H17ClN2O3. The average molecular weight is 333 g/mol. The minimum atomic E-state index is -0.506. The lowest BCUT2D eigenvalue weighted by atomic mass is 10.2. The second kappa shape index (κ2) is 7.65. The number of ether oxygens (including phenoxy) is 1. The molecule has 23 heavy (non-hydrogen) atoms. The van der Waals surface area contributed by atoms with Gasteiger partial charge in [0.15, 0.2) is 6.61 Å². The SMILES string of the molecule is CN(Cc1cccc(Cl)c1)C(=O)COc1ccc(C(N)=O)cc1. The van der Waals surface area contributed by atoms with Gasteiger partial charge in [-0.15, -0.1) is 0 Å². The van der Waals surface area contributed by atoms with Gasteiger partial charge < -0.3 is 15.4 Å². The van der Waals surface area contributed by atoms with Crippen LogP contribution < -0.4 is 10.5 Å². The summed E-state index contributed by atoms with van der Waals surface area (Å²) in [6, 6.07) is 13.6. The molecule has 0 atom stereocenters. The molecular weight excluding hydrogens is 316 g/mol. The summed E-state index contributed by atoms with van der Waals surface area (Å²) in [4.78, 5) is 24.6. The summed E-state index contributed by atoms with van der Waals surface area (Å²) in [5.41, 5.74) is 6.49. The Balaban J connectivity index is 1.87. The lowest BCUT2D eigenvalue weighted by Crippen LogP contribution is -2.30. The van der Waals surface area contributed by atoms with Gasteiger partial charge in [0.2, 0.25) is 5.91 Å². The number of benzene rings is 2. The van der Waals surface area contributed by atoms with Crippen LogP contribution in [0.25, 0.3) is 0 Å². The molecule has 0 bridgehead atoms. The van der Waals surface area contributed by atoms with Crippen molar-refractivity contribution in [2.75, 3.05) is 13.7 Å². The number of carbonyl (C=O) groups is 2. The quantitative estimate of drug-likeness (QED) is 0.883. The van der Waals surface area contributed by atoms with Crippen molar-refractivity contribution in [1.29, 1.82) is 0 Å². The summed E-state index contributed by atoms with van der Waals surface area (Å²) >= 11 is 5.92. The number of halogens is 1. The first-order chi connectivity index (χ1) is 11.0. The van der Waals surface area contributed by atoms with E-state index in [2.05, 4.69) is 0 Å². The topological polar surface area (TPSA) is 72.6 Å². The zero-order valence-electron chi connectivity index (χ0n) is 12.7. The van der Waals surface area contributed by atoms with E-state index < -0.39 is 5.91 Å². The van der Waals surface area contributed by atoms with Gasteiger partial charge in [0.05, 0.1) is 0 Å². The molecule has 0 radical (unpaired) electrons. The predicted molar refractivity (Wildman–Crippen MR) is 88.4 cm³/mol. The maximum absolute atomic E-state index is 12.1. The van der Waals surface area contributed by atoms with Crippen LogP contribution in [0.5, 0.6) is 5.75 Å². The molecule has 0 saturated heterocycles. The van der Waals surface area contributed by atoms with E-state index in [1.165, 1.54) is 0 Å². The Morgan fingerprint density at radius 1 is 1.17 bits per heavy atom. The highest BCUT2D eigenvalue weighted by Gasteiger charge is 2.10. The highest BCUT2D eigenvalue weighted by Crippen LogP contribution is 2.14. The van der Waals surface area contributed by atoms with Gasteiger partial charge in [0.25, 0.3) is 5.91 Å². The Morgan fingerprint density at radius 2 is 1.87 bits per heavy atom. The minimum Gasteiger partial charge on any atom is -0.484 e. The smallest absolute Gasteiger partial charge is 0.260 e. The van der Waals surface area contributed by atoms with Crippen LogP contribution in [0.4, 0.5) is 0 Å². The fourth-order valence-corrected chi connectivity index (χ4v) is 2.18. The molecule has 0 aromatic heterocycles. The third kappa shape index (κ3) is 5.00. The van der Waals surface area contributed by atoms with E-state index in [-0.39, 0.29) is 12.5 Å². The largest absolute Gasteiger partial charge is 0.484 e. The number of hydrogen-bond donors (Lipinski definition) is 1. The fraction of sp³-hybridized carbons (Fsp3) is 0.176. The Bertz CT molecular complexity index is 701. The number of nitrogens with two attached hydrogens (primary N) is 1. The Morgan fingerprint density at radius 3 is 2.48 bits per heavy atom. The van der Waals surface area contributed by atoms with E-state index in [9.17, 15) is 9.59 Å². The summed E-state index contributed by atoms with van der Waals surface area (Å²) in [6.45, 7) is 0.357. The van der Waals surface area contributed by atoms with Gasteiger partial charge in [-0.05, 0) is 42.0 Å². The van der Waals surface area contributed by atoms with Gasteiger partial charge in [-0.25, -0.2) is 0 Å². The van der Waals surface area contributed by atoms with Crippen molar-refractivity contribution in [2.45, 2.75) is 6.54 Å². The van der Waals surface area contributed by atoms with E-state index in [1.54, 1.807) is 42.3 Å². The molecule has 2 aromatic rings. The van der Waals surface area contributed by atoms with Crippen LogP contribution in [0.15, 0.2) is 48.5 Å². The van der Waals surface area contributed by atoms with Crippen LogP contribution in [0.2, 0.25) is 5.02 Å². The molecule has 2 rings (SSSR count). The van der Waals surface area contributed by atoms with Crippen LogP contribution >= 0.6 is 11.6 Å². The summed E-state index contributed by atoms with van der Waals surface area (Å²) in [6.07, 6.45) is 0. The Hall–Kier alpha value is -2.53. The van der Waals surface area contributed by atoms with Crippen molar-refractivity contribution in [1.82, 2.24) is 4.90 Å².